The molecule has 1 amide bonds. The van der Waals surface area contributed by atoms with E-state index in [-0.39, 0.29) is 18.3 Å². The number of carbonyl (C=O) groups is 1. The molecule has 0 fully saturated rings. The fraction of sp³-hybridized carbons (Fsp3) is 0.286. The fourth-order valence-corrected chi connectivity index (χ4v) is 3.66. The molecular formula is C21H23FN4O3S. The molecule has 0 atom stereocenters. The molecule has 9 heteroatoms. The maximum Gasteiger partial charge on any atom is 0.251 e. The van der Waals surface area contributed by atoms with Gasteiger partial charge in [-0.2, -0.15) is 0 Å². The van der Waals surface area contributed by atoms with Gasteiger partial charge in [0.25, 0.3) is 5.91 Å². The quantitative estimate of drug-likeness (QED) is 0.393. The molecule has 0 aliphatic carbocycles. The Morgan fingerprint density at radius 3 is 2.47 bits per heavy atom. The van der Waals surface area contributed by atoms with Crippen molar-refractivity contribution in [2.75, 3.05) is 27.4 Å². The molecule has 3 rings (SSSR count). The molecule has 1 N–H and O–H groups in total. The van der Waals surface area contributed by atoms with Gasteiger partial charge in [-0.05, 0) is 42.0 Å². The van der Waals surface area contributed by atoms with Crippen LogP contribution in [0.15, 0.2) is 53.7 Å². The first-order valence-electron chi connectivity index (χ1n) is 9.30. The van der Waals surface area contributed by atoms with Gasteiger partial charge in [0.1, 0.15) is 12.4 Å². The number of carbonyl (C=O) groups excluding carboxylic acids is 1. The standard InChI is InChI=1S/C21H23FN4O3S/c1-28-12-11-23-20(27)16-5-3-15(4-6-16)14-30-21-25-24-19(13-29-2)26(21)18-9-7-17(22)8-10-18/h3-10H,11-14H2,1-2H3,(H,23,27). The van der Waals surface area contributed by atoms with Crippen LogP contribution in [0.4, 0.5) is 4.39 Å². The van der Waals surface area contributed by atoms with Crippen LogP contribution in [-0.2, 0) is 21.8 Å². The predicted octanol–water partition coefficient (Wildman–Crippen LogP) is 3.22. The lowest BCUT2D eigenvalue weighted by Crippen LogP contribution is -2.26. The summed E-state index contributed by atoms with van der Waals surface area (Å²) in [6, 6.07) is 13.6. The number of amides is 1. The predicted molar refractivity (Wildman–Crippen MR) is 112 cm³/mol. The summed E-state index contributed by atoms with van der Waals surface area (Å²) in [7, 11) is 3.18. The summed E-state index contributed by atoms with van der Waals surface area (Å²) in [5.74, 6) is 0.833. The minimum absolute atomic E-state index is 0.133. The van der Waals surface area contributed by atoms with Crippen molar-refractivity contribution in [1.29, 1.82) is 0 Å². The second kappa shape index (κ2) is 10.9. The third kappa shape index (κ3) is 5.65. The first kappa shape index (κ1) is 21.9. The largest absolute Gasteiger partial charge is 0.383 e. The van der Waals surface area contributed by atoms with E-state index in [4.69, 9.17) is 9.47 Å². The molecule has 0 saturated heterocycles. The van der Waals surface area contributed by atoms with E-state index in [0.717, 1.165) is 11.3 Å². The number of nitrogens with zero attached hydrogens (tertiary/aromatic N) is 3. The van der Waals surface area contributed by atoms with Gasteiger partial charge in [0.2, 0.25) is 0 Å². The molecule has 1 heterocycles. The van der Waals surface area contributed by atoms with Crippen LogP contribution in [0, 0.1) is 5.82 Å². The molecule has 158 valence electrons. The van der Waals surface area contributed by atoms with Crippen LogP contribution in [0.2, 0.25) is 0 Å². The second-order valence-corrected chi connectivity index (χ2v) is 7.32. The van der Waals surface area contributed by atoms with Crippen LogP contribution in [0.3, 0.4) is 0 Å². The number of hydrogen-bond donors (Lipinski definition) is 1. The van der Waals surface area contributed by atoms with E-state index < -0.39 is 0 Å². The molecule has 0 bridgehead atoms. The van der Waals surface area contributed by atoms with Gasteiger partial charge in [0.15, 0.2) is 11.0 Å². The number of hydrogen-bond acceptors (Lipinski definition) is 6. The van der Waals surface area contributed by atoms with Crippen LogP contribution in [0.1, 0.15) is 21.7 Å². The fourth-order valence-electron chi connectivity index (χ4n) is 2.73. The maximum atomic E-state index is 13.3. The van der Waals surface area contributed by atoms with Crippen molar-refractivity contribution < 1.29 is 18.7 Å². The van der Waals surface area contributed by atoms with Crippen molar-refractivity contribution in [3.8, 4) is 5.69 Å². The topological polar surface area (TPSA) is 78.3 Å². The van der Waals surface area contributed by atoms with E-state index in [2.05, 4.69) is 15.5 Å². The number of aromatic nitrogens is 3. The SMILES string of the molecule is COCCNC(=O)c1ccc(CSc2nnc(COC)n2-c2ccc(F)cc2)cc1. The van der Waals surface area contributed by atoms with Crippen molar-refractivity contribution in [2.24, 2.45) is 0 Å². The van der Waals surface area contributed by atoms with E-state index in [1.54, 1.807) is 38.5 Å². The summed E-state index contributed by atoms with van der Waals surface area (Å²) >= 11 is 1.50. The Labute approximate surface area is 178 Å². The molecule has 2 aromatic carbocycles. The second-order valence-electron chi connectivity index (χ2n) is 6.38. The third-order valence-corrected chi connectivity index (χ3v) is 5.23. The van der Waals surface area contributed by atoms with Gasteiger partial charge in [-0.15, -0.1) is 10.2 Å². The molecule has 0 radical (unpaired) electrons. The Morgan fingerprint density at radius 1 is 1.07 bits per heavy atom. The zero-order valence-electron chi connectivity index (χ0n) is 16.8. The highest BCUT2D eigenvalue weighted by Gasteiger charge is 2.15. The minimum Gasteiger partial charge on any atom is -0.383 e. The summed E-state index contributed by atoms with van der Waals surface area (Å²) in [5, 5.41) is 11.9. The molecular weight excluding hydrogens is 407 g/mol. The van der Waals surface area contributed by atoms with Gasteiger partial charge in [-0.1, -0.05) is 23.9 Å². The third-order valence-electron chi connectivity index (χ3n) is 4.23. The van der Waals surface area contributed by atoms with Crippen LogP contribution in [-0.4, -0.2) is 48.0 Å². The first-order chi connectivity index (χ1) is 14.6. The lowest BCUT2D eigenvalue weighted by Gasteiger charge is -2.10. The number of methoxy groups -OCH3 is 2. The Hall–Kier alpha value is -2.75. The zero-order valence-corrected chi connectivity index (χ0v) is 17.6. The molecule has 1 aromatic heterocycles. The van der Waals surface area contributed by atoms with Gasteiger partial charge in [0, 0.05) is 37.8 Å². The first-order valence-corrected chi connectivity index (χ1v) is 10.3. The van der Waals surface area contributed by atoms with Crippen molar-refractivity contribution >= 4 is 17.7 Å². The highest BCUT2D eigenvalue weighted by molar-refractivity contribution is 7.98. The number of halogens is 1. The van der Waals surface area contributed by atoms with Crippen LogP contribution < -0.4 is 5.32 Å². The molecule has 0 aliphatic rings. The Balaban J connectivity index is 1.70. The highest BCUT2D eigenvalue weighted by atomic mass is 32.2. The van der Waals surface area contributed by atoms with E-state index in [9.17, 15) is 9.18 Å². The van der Waals surface area contributed by atoms with Gasteiger partial charge in [0.05, 0.1) is 6.61 Å². The molecule has 30 heavy (non-hydrogen) atoms. The van der Waals surface area contributed by atoms with Crippen LogP contribution >= 0.6 is 11.8 Å². The number of benzene rings is 2. The van der Waals surface area contributed by atoms with Crippen molar-refractivity contribution in [1.82, 2.24) is 20.1 Å². The van der Waals surface area contributed by atoms with Gasteiger partial charge in [-0.25, -0.2) is 4.39 Å². The molecule has 0 spiro atoms. The van der Waals surface area contributed by atoms with Crippen LogP contribution in [0.25, 0.3) is 5.69 Å². The normalized spacial score (nSPS) is 10.9. The van der Waals surface area contributed by atoms with E-state index >= 15 is 0 Å². The van der Waals surface area contributed by atoms with Crippen molar-refractivity contribution in [3.05, 3.63) is 71.3 Å². The molecule has 7 nitrogen and oxygen atoms in total. The van der Waals surface area contributed by atoms with E-state index in [1.807, 2.05) is 16.7 Å². The van der Waals surface area contributed by atoms with Gasteiger partial charge >= 0.3 is 0 Å². The molecule has 3 aromatic rings. The monoisotopic (exact) mass is 430 g/mol. The molecule has 0 unspecified atom stereocenters. The summed E-state index contributed by atoms with van der Waals surface area (Å²) in [6.45, 7) is 1.23. The highest BCUT2D eigenvalue weighted by Crippen LogP contribution is 2.26. The lowest BCUT2D eigenvalue weighted by molar-refractivity contribution is 0.0937. The van der Waals surface area contributed by atoms with Gasteiger partial charge < -0.3 is 14.8 Å². The Morgan fingerprint density at radius 2 is 1.80 bits per heavy atom. The van der Waals surface area contributed by atoms with E-state index in [0.29, 0.717) is 35.4 Å². The average molecular weight is 431 g/mol. The van der Waals surface area contributed by atoms with Crippen LogP contribution in [0.5, 0.6) is 0 Å². The number of nitrogens with one attached hydrogen (secondary N) is 1. The van der Waals surface area contributed by atoms with E-state index in [1.165, 1.54) is 23.9 Å². The molecule has 0 saturated carbocycles. The lowest BCUT2D eigenvalue weighted by atomic mass is 10.1. The Bertz CT molecular complexity index is 961. The zero-order chi connectivity index (χ0) is 21.3. The Kier molecular flexibility index (Phi) is 7.95. The van der Waals surface area contributed by atoms with Gasteiger partial charge in [-0.3, -0.25) is 9.36 Å². The number of ether oxygens (including phenoxy) is 2. The van der Waals surface area contributed by atoms with Crippen molar-refractivity contribution in [2.45, 2.75) is 17.5 Å². The smallest absolute Gasteiger partial charge is 0.251 e. The average Bonchev–Trinajstić information content (AvgIpc) is 3.16. The molecule has 0 aliphatic heterocycles. The maximum absolute atomic E-state index is 13.3. The summed E-state index contributed by atoms with van der Waals surface area (Å²) < 4.78 is 25.3. The number of rotatable bonds is 10. The minimum atomic E-state index is -0.305. The van der Waals surface area contributed by atoms with Crippen molar-refractivity contribution in [3.63, 3.8) is 0 Å². The summed E-state index contributed by atoms with van der Waals surface area (Å²) in [6.07, 6.45) is 0. The summed E-state index contributed by atoms with van der Waals surface area (Å²) in [5.41, 5.74) is 2.39. The number of thioether (sulfide) groups is 1. The summed E-state index contributed by atoms with van der Waals surface area (Å²) in [4.78, 5) is 12.1.